The van der Waals surface area contributed by atoms with E-state index in [1.165, 1.54) is 17.0 Å². The van der Waals surface area contributed by atoms with Crippen LogP contribution in [0.25, 0.3) is 0 Å². The van der Waals surface area contributed by atoms with E-state index in [4.69, 9.17) is 5.11 Å². The molecule has 7 nitrogen and oxygen atoms in total. The zero-order valence-corrected chi connectivity index (χ0v) is 10.5. The van der Waals surface area contributed by atoms with Gasteiger partial charge in [0.2, 0.25) is 0 Å². The highest BCUT2D eigenvalue weighted by Crippen LogP contribution is 2.22. The monoisotopic (exact) mass is 265 g/mol. The normalized spacial score (nSPS) is 19.3. The van der Waals surface area contributed by atoms with E-state index >= 15 is 0 Å². The first-order valence-electron chi connectivity index (χ1n) is 5.98. The lowest BCUT2D eigenvalue weighted by Crippen LogP contribution is -2.53. The predicted octanol–water partition coefficient (Wildman–Crippen LogP) is 1.78. The van der Waals surface area contributed by atoms with Crippen molar-refractivity contribution in [3.63, 3.8) is 0 Å². The molecule has 19 heavy (non-hydrogen) atoms. The number of nitrogens with zero attached hydrogens (tertiary/aromatic N) is 3. The van der Waals surface area contributed by atoms with Crippen molar-refractivity contribution in [3.8, 4) is 0 Å². The van der Waals surface area contributed by atoms with Crippen molar-refractivity contribution >= 4 is 17.5 Å². The van der Waals surface area contributed by atoms with Crippen LogP contribution in [0.3, 0.4) is 0 Å². The summed E-state index contributed by atoms with van der Waals surface area (Å²) in [5.41, 5.74) is 0.934. The van der Waals surface area contributed by atoms with E-state index in [0.717, 1.165) is 5.69 Å². The van der Waals surface area contributed by atoms with Crippen molar-refractivity contribution in [1.29, 1.82) is 0 Å². The fraction of sp³-hybridized carbons (Fsp3) is 0.417. The van der Waals surface area contributed by atoms with Crippen LogP contribution in [0.1, 0.15) is 6.92 Å². The molecule has 1 fully saturated rings. The minimum Gasteiger partial charge on any atom is -0.465 e. The van der Waals surface area contributed by atoms with Gasteiger partial charge in [-0.2, -0.15) is 0 Å². The number of nitro benzene ring substituents is 1. The molecule has 1 aromatic carbocycles. The Morgan fingerprint density at radius 2 is 2.00 bits per heavy atom. The van der Waals surface area contributed by atoms with E-state index in [2.05, 4.69) is 0 Å². The molecule has 0 radical (unpaired) electrons. The second kappa shape index (κ2) is 5.13. The number of carbonyl (C=O) groups is 1. The van der Waals surface area contributed by atoms with E-state index in [1.807, 2.05) is 11.8 Å². The summed E-state index contributed by atoms with van der Waals surface area (Å²) < 4.78 is 0. The lowest BCUT2D eigenvalue weighted by molar-refractivity contribution is -0.384. The van der Waals surface area contributed by atoms with Gasteiger partial charge in [0.1, 0.15) is 0 Å². The first-order chi connectivity index (χ1) is 8.99. The number of rotatable bonds is 2. The maximum Gasteiger partial charge on any atom is 0.407 e. The van der Waals surface area contributed by atoms with Gasteiger partial charge in [0.15, 0.2) is 0 Å². The Bertz CT molecular complexity index is 488. The molecular formula is C12H15N3O4. The van der Waals surface area contributed by atoms with Gasteiger partial charge >= 0.3 is 6.09 Å². The van der Waals surface area contributed by atoms with Crippen molar-refractivity contribution in [2.24, 2.45) is 0 Å². The van der Waals surface area contributed by atoms with Crippen molar-refractivity contribution in [3.05, 3.63) is 34.4 Å². The van der Waals surface area contributed by atoms with Gasteiger partial charge in [-0.15, -0.1) is 0 Å². The number of amides is 1. The molecule has 2 rings (SSSR count). The van der Waals surface area contributed by atoms with Crippen LogP contribution in [-0.2, 0) is 0 Å². The van der Waals surface area contributed by atoms with Crippen LogP contribution in [0.15, 0.2) is 24.3 Å². The fourth-order valence-corrected chi connectivity index (χ4v) is 2.26. The summed E-state index contributed by atoms with van der Waals surface area (Å²) in [6.45, 7) is 3.47. The van der Waals surface area contributed by atoms with Gasteiger partial charge in [-0.3, -0.25) is 10.1 Å². The number of hydrogen-bond acceptors (Lipinski definition) is 4. The van der Waals surface area contributed by atoms with Crippen molar-refractivity contribution in [2.45, 2.75) is 13.0 Å². The minimum absolute atomic E-state index is 0.0565. The second-order valence-electron chi connectivity index (χ2n) is 4.54. The maximum atomic E-state index is 11.0. The Hall–Kier alpha value is -2.31. The Morgan fingerprint density at radius 1 is 1.37 bits per heavy atom. The van der Waals surface area contributed by atoms with E-state index in [9.17, 15) is 14.9 Å². The van der Waals surface area contributed by atoms with E-state index in [1.54, 1.807) is 12.1 Å². The molecule has 1 saturated heterocycles. The van der Waals surface area contributed by atoms with Gasteiger partial charge in [0.05, 0.1) is 4.92 Å². The molecule has 1 aliphatic rings. The third kappa shape index (κ3) is 2.75. The molecule has 1 aliphatic heterocycles. The van der Waals surface area contributed by atoms with Gasteiger partial charge in [0.25, 0.3) is 5.69 Å². The number of piperazine rings is 1. The molecule has 7 heteroatoms. The molecule has 1 aromatic rings. The molecule has 1 heterocycles. The topological polar surface area (TPSA) is 86.9 Å². The standard InChI is InChI=1S/C12H15N3O4/c1-9-8-13(6-7-14(9)12(16)17)10-2-4-11(5-3-10)15(18)19/h2-5,9H,6-8H2,1H3,(H,16,17)/t9-/m0/s1. The van der Waals surface area contributed by atoms with Crippen molar-refractivity contribution in [2.75, 3.05) is 24.5 Å². The summed E-state index contributed by atoms with van der Waals surface area (Å²) in [5, 5.41) is 19.6. The van der Waals surface area contributed by atoms with Crippen LogP contribution < -0.4 is 4.90 Å². The van der Waals surface area contributed by atoms with Crippen molar-refractivity contribution in [1.82, 2.24) is 4.90 Å². The molecule has 1 atom stereocenters. The lowest BCUT2D eigenvalue weighted by atomic mass is 10.1. The molecule has 0 aliphatic carbocycles. The van der Waals surface area contributed by atoms with Gasteiger partial charge in [0, 0.05) is 43.5 Å². The number of benzene rings is 1. The summed E-state index contributed by atoms with van der Waals surface area (Å²) in [4.78, 5) is 24.5. The Morgan fingerprint density at radius 3 is 2.47 bits per heavy atom. The molecule has 0 aromatic heterocycles. The zero-order chi connectivity index (χ0) is 14.0. The summed E-state index contributed by atoms with van der Waals surface area (Å²) in [5.74, 6) is 0. The fourth-order valence-electron chi connectivity index (χ4n) is 2.26. The second-order valence-corrected chi connectivity index (χ2v) is 4.54. The van der Waals surface area contributed by atoms with Gasteiger partial charge < -0.3 is 14.9 Å². The van der Waals surface area contributed by atoms with Gasteiger partial charge in [-0.05, 0) is 19.1 Å². The lowest BCUT2D eigenvalue weighted by Gasteiger charge is -2.39. The molecule has 0 unspecified atom stereocenters. The average Bonchev–Trinajstić information content (AvgIpc) is 2.38. The Balaban J connectivity index is 2.08. The number of hydrogen-bond donors (Lipinski definition) is 1. The van der Waals surface area contributed by atoms with E-state index in [-0.39, 0.29) is 11.7 Å². The summed E-state index contributed by atoms with van der Waals surface area (Å²) in [6, 6.07) is 6.22. The van der Waals surface area contributed by atoms with Crippen LogP contribution in [0.4, 0.5) is 16.2 Å². The van der Waals surface area contributed by atoms with Gasteiger partial charge in [-0.25, -0.2) is 4.79 Å². The SMILES string of the molecule is C[C@H]1CN(c2ccc([N+](=O)[O-])cc2)CCN1C(=O)O. The summed E-state index contributed by atoms with van der Waals surface area (Å²) in [7, 11) is 0. The maximum absolute atomic E-state index is 11.0. The van der Waals surface area contributed by atoms with Crippen LogP contribution >= 0.6 is 0 Å². The Kier molecular flexibility index (Phi) is 3.55. The quantitative estimate of drug-likeness (QED) is 0.650. The highest BCUT2D eigenvalue weighted by atomic mass is 16.6. The van der Waals surface area contributed by atoms with Gasteiger partial charge in [-0.1, -0.05) is 0 Å². The smallest absolute Gasteiger partial charge is 0.407 e. The summed E-state index contributed by atoms with van der Waals surface area (Å²) in [6.07, 6.45) is -0.907. The number of non-ortho nitro benzene ring substituents is 1. The number of nitro groups is 1. The largest absolute Gasteiger partial charge is 0.465 e. The van der Waals surface area contributed by atoms with Crippen LogP contribution in [0.5, 0.6) is 0 Å². The van der Waals surface area contributed by atoms with E-state index in [0.29, 0.717) is 19.6 Å². The highest BCUT2D eigenvalue weighted by molar-refractivity contribution is 5.66. The highest BCUT2D eigenvalue weighted by Gasteiger charge is 2.27. The molecular weight excluding hydrogens is 250 g/mol. The molecule has 0 bridgehead atoms. The first kappa shape index (κ1) is 13.1. The molecule has 1 amide bonds. The minimum atomic E-state index is -0.907. The molecule has 1 N–H and O–H groups in total. The first-order valence-corrected chi connectivity index (χ1v) is 5.98. The average molecular weight is 265 g/mol. The molecule has 102 valence electrons. The Labute approximate surface area is 110 Å². The van der Waals surface area contributed by atoms with Crippen LogP contribution in [-0.4, -0.2) is 46.7 Å². The van der Waals surface area contributed by atoms with Crippen LogP contribution in [0, 0.1) is 10.1 Å². The van der Waals surface area contributed by atoms with E-state index < -0.39 is 11.0 Å². The molecule has 0 saturated carbocycles. The van der Waals surface area contributed by atoms with Crippen LogP contribution in [0.2, 0.25) is 0 Å². The molecule has 0 spiro atoms. The third-order valence-electron chi connectivity index (χ3n) is 3.30. The number of carboxylic acid groups (broad SMARTS) is 1. The van der Waals surface area contributed by atoms with Crippen molar-refractivity contribution < 1.29 is 14.8 Å². The summed E-state index contributed by atoms with van der Waals surface area (Å²) >= 11 is 0. The number of anilines is 1. The predicted molar refractivity (Wildman–Crippen MR) is 69.5 cm³/mol. The zero-order valence-electron chi connectivity index (χ0n) is 10.5. The third-order valence-corrected chi connectivity index (χ3v) is 3.30.